The van der Waals surface area contributed by atoms with Crippen LogP contribution in [-0.2, 0) is 40.6 Å². The maximum absolute atomic E-state index is 12.1. The van der Waals surface area contributed by atoms with Crippen LogP contribution in [0.5, 0.6) is 0 Å². The van der Waals surface area contributed by atoms with Crippen LogP contribution in [0.2, 0.25) is 0 Å². The number of carbonyl (C=O) groups excluding carboxylic acids is 1. The average molecular weight is 935 g/mol. The zero-order valence-corrected chi connectivity index (χ0v) is 40.1. The molecule has 344 valence electrons. The Labute approximate surface area is 393 Å². The molecule has 0 radical (unpaired) electrons. The topological polar surface area (TPSA) is 142 Å². The lowest BCUT2D eigenvalue weighted by Gasteiger charge is -2.30. The van der Waals surface area contributed by atoms with Crippen LogP contribution >= 0.6 is 0 Å². The second kappa shape index (κ2) is 17.9. The largest absolute Gasteiger partial charge is 0.464 e. The van der Waals surface area contributed by atoms with Gasteiger partial charge < -0.3 is 14.5 Å². The van der Waals surface area contributed by atoms with E-state index in [-0.39, 0.29) is 22.4 Å². The summed E-state index contributed by atoms with van der Waals surface area (Å²) in [4.78, 5) is 16.1. The molecule has 8 rings (SSSR count). The van der Waals surface area contributed by atoms with Crippen molar-refractivity contribution < 1.29 is 35.5 Å². The van der Waals surface area contributed by atoms with Crippen LogP contribution in [0.1, 0.15) is 64.2 Å². The van der Waals surface area contributed by atoms with E-state index in [4.69, 9.17) is 4.74 Å². The number of nitrogens with zero attached hydrogens (tertiary/aromatic N) is 2. The molecule has 12 heteroatoms. The van der Waals surface area contributed by atoms with Crippen molar-refractivity contribution in [3.63, 3.8) is 0 Å². The standard InChI is InChI=1S/C55H54N2O8S2/c1-36(54(4,5)49-29-22-41-34-45(66(59,60)61)25-27-47(41)37(49)2)18-19-39-20-21-40(52(39)57(43-14-10-8-11-15-43)44-16-12-9-13-17-44)24-31-51-55(6,7)50-30-23-42-35-46(67(62,63)64)26-28-48(42)53(50)56(51)32-33-65-38(3)58/h8-19,22-31,34-35H,1,20-21,32-33H2,2-7H3,(H,59,60,61)(H,62,63,64)/b19-18+,40-24+,51-31+. The minimum absolute atomic E-state index is 0.127. The molecule has 0 saturated carbocycles. The first-order valence-electron chi connectivity index (χ1n) is 22.1. The number of hydrogen-bond acceptors (Lipinski definition) is 8. The third-order valence-electron chi connectivity index (χ3n) is 13.2. The van der Waals surface area contributed by atoms with Crippen molar-refractivity contribution in [3.8, 4) is 0 Å². The number of esters is 1. The monoisotopic (exact) mass is 934 g/mol. The molecule has 2 aliphatic rings. The van der Waals surface area contributed by atoms with Gasteiger partial charge in [-0.05, 0) is 124 Å². The molecule has 0 fully saturated rings. The van der Waals surface area contributed by atoms with Crippen molar-refractivity contribution in [2.75, 3.05) is 23.0 Å². The summed E-state index contributed by atoms with van der Waals surface area (Å²) >= 11 is 0. The van der Waals surface area contributed by atoms with Crippen LogP contribution in [0.4, 0.5) is 17.1 Å². The van der Waals surface area contributed by atoms with Gasteiger partial charge in [-0.15, -0.1) is 0 Å². The van der Waals surface area contributed by atoms with E-state index in [0.717, 1.165) is 85.5 Å². The average Bonchev–Trinajstić information content (AvgIpc) is 3.78. The fourth-order valence-electron chi connectivity index (χ4n) is 9.60. The van der Waals surface area contributed by atoms with Crippen molar-refractivity contribution in [2.24, 2.45) is 0 Å². The number of aryl methyl sites for hydroxylation is 1. The van der Waals surface area contributed by atoms with Crippen LogP contribution in [-0.4, -0.2) is 45.1 Å². The molecule has 67 heavy (non-hydrogen) atoms. The third kappa shape index (κ3) is 9.14. The number of rotatable bonds is 13. The molecule has 2 N–H and O–H groups in total. The molecule has 0 saturated heterocycles. The fraction of sp³-hybridized carbons (Fsp3) is 0.218. The van der Waals surface area contributed by atoms with E-state index in [1.807, 2.05) is 67.6 Å². The summed E-state index contributed by atoms with van der Waals surface area (Å²) in [6.45, 7) is 17.1. The number of hydrogen-bond donors (Lipinski definition) is 2. The maximum Gasteiger partial charge on any atom is 0.302 e. The lowest BCUT2D eigenvalue weighted by Crippen LogP contribution is -2.29. The van der Waals surface area contributed by atoms with Gasteiger partial charge in [-0.3, -0.25) is 13.9 Å². The van der Waals surface area contributed by atoms with E-state index in [9.17, 15) is 30.7 Å². The number of benzene rings is 6. The lowest BCUT2D eigenvalue weighted by atomic mass is 9.75. The number of anilines is 3. The van der Waals surface area contributed by atoms with Gasteiger partial charge in [0.25, 0.3) is 20.2 Å². The van der Waals surface area contributed by atoms with Gasteiger partial charge in [0.1, 0.15) is 6.61 Å². The van der Waals surface area contributed by atoms with E-state index in [2.05, 4.69) is 92.6 Å². The second-order valence-corrected chi connectivity index (χ2v) is 21.0. The smallest absolute Gasteiger partial charge is 0.302 e. The van der Waals surface area contributed by atoms with Gasteiger partial charge in [0.15, 0.2) is 0 Å². The van der Waals surface area contributed by atoms with Gasteiger partial charge >= 0.3 is 5.97 Å². The zero-order valence-electron chi connectivity index (χ0n) is 38.4. The molecule has 6 aromatic rings. The summed E-state index contributed by atoms with van der Waals surface area (Å²) in [5.74, 6) is -0.388. The Morgan fingerprint density at radius 3 is 1.94 bits per heavy atom. The van der Waals surface area contributed by atoms with E-state index in [1.54, 1.807) is 12.1 Å². The van der Waals surface area contributed by atoms with Crippen molar-refractivity contribution in [1.29, 1.82) is 0 Å². The summed E-state index contributed by atoms with van der Waals surface area (Å²) in [5.41, 5.74) is 9.99. The molecule has 0 bridgehead atoms. The maximum atomic E-state index is 12.1. The van der Waals surface area contributed by atoms with E-state index >= 15 is 0 Å². The Kier molecular flexibility index (Phi) is 12.5. The van der Waals surface area contributed by atoms with Crippen LogP contribution in [0.15, 0.2) is 190 Å². The normalized spacial score (nSPS) is 16.4. The van der Waals surface area contributed by atoms with E-state index < -0.39 is 31.1 Å². The molecule has 10 nitrogen and oxygen atoms in total. The van der Waals surface area contributed by atoms with Gasteiger partial charge in [-0.2, -0.15) is 16.8 Å². The zero-order chi connectivity index (χ0) is 48.1. The highest BCUT2D eigenvalue weighted by atomic mass is 32.2. The first-order chi connectivity index (χ1) is 31.7. The molecule has 1 aliphatic heterocycles. The highest BCUT2D eigenvalue weighted by molar-refractivity contribution is 7.86. The summed E-state index contributed by atoms with van der Waals surface area (Å²) < 4.78 is 73.1. The Balaban J connectivity index is 1.25. The first kappa shape index (κ1) is 46.9. The highest BCUT2D eigenvalue weighted by Gasteiger charge is 2.41. The van der Waals surface area contributed by atoms with Gasteiger partial charge in [-0.25, -0.2) is 0 Å². The fourth-order valence-corrected chi connectivity index (χ4v) is 10.6. The Morgan fingerprint density at radius 1 is 0.791 bits per heavy atom. The summed E-state index contributed by atoms with van der Waals surface area (Å²) in [6, 6.07) is 37.6. The van der Waals surface area contributed by atoms with Gasteiger partial charge in [0.2, 0.25) is 0 Å². The molecule has 6 aromatic carbocycles. The molecule has 0 amide bonds. The highest BCUT2D eigenvalue weighted by Crippen LogP contribution is 2.51. The minimum atomic E-state index is -4.43. The molecular formula is C55H54N2O8S2. The van der Waals surface area contributed by atoms with Crippen molar-refractivity contribution >= 4 is 64.8 Å². The molecule has 1 heterocycles. The van der Waals surface area contributed by atoms with Gasteiger partial charge in [0.05, 0.1) is 27.7 Å². The SMILES string of the molecule is C=C(/C=C/C1=C(N(c2ccccc2)c2ccccc2)C(=C/C=C2/N(CCOC(C)=O)c3c(ccc4cc(S(=O)(=O)O)ccc34)C2(C)C)/CC1)C(C)(C)c1ccc2cc(S(=O)(=O)O)ccc2c1C. The molecule has 0 atom stereocenters. The predicted octanol–water partition coefficient (Wildman–Crippen LogP) is 12.2. The molecule has 1 aliphatic carbocycles. The van der Waals surface area contributed by atoms with Crippen molar-refractivity contribution in [1.82, 2.24) is 0 Å². The van der Waals surface area contributed by atoms with E-state index in [1.165, 1.54) is 31.2 Å². The summed E-state index contributed by atoms with van der Waals surface area (Å²) in [7, 11) is -8.78. The third-order valence-corrected chi connectivity index (χ3v) is 14.9. The molecule has 0 spiro atoms. The van der Waals surface area contributed by atoms with Crippen molar-refractivity contribution in [2.45, 2.75) is 75.0 Å². The second-order valence-electron chi connectivity index (χ2n) is 18.1. The first-order valence-corrected chi connectivity index (χ1v) is 25.0. The number of carbonyl (C=O) groups is 1. The number of ether oxygens (including phenoxy) is 1. The Morgan fingerprint density at radius 2 is 1.36 bits per heavy atom. The Hall–Kier alpha value is -6.57. The van der Waals surface area contributed by atoms with Crippen molar-refractivity contribution in [3.05, 3.63) is 197 Å². The number of fused-ring (bicyclic) bond motifs is 4. The molecular weight excluding hydrogens is 881 g/mol. The summed E-state index contributed by atoms with van der Waals surface area (Å²) in [6.07, 6.45) is 10.1. The van der Waals surface area contributed by atoms with Gasteiger partial charge in [0, 0.05) is 40.2 Å². The quantitative estimate of drug-likeness (QED) is 0.0653. The predicted molar refractivity (Wildman–Crippen MR) is 268 cm³/mol. The minimum Gasteiger partial charge on any atom is -0.464 e. The lowest BCUT2D eigenvalue weighted by molar-refractivity contribution is -0.140. The number of allylic oxidation sites excluding steroid dienone is 8. The number of para-hydroxylation sites is 2. The molecule has 0 unspecified atom stereocenters. The Bertz CT molecular complexity index is 3290. The molecule has 0 aromatic heterocycles. The van der Waals surface area contributed by atoms with Crippen LogP contribution in [0.3, 0.4) is 0 Å². The van der Waals surface area contributed by atoms with Crippen LogP contribution in [0, 0.1) is 6.92 Å². The van der Waals surface area contributed by atoms with Crippen LogP contribution in [0.25, 0.3) is 21.5 Å². The van der Waals surface area contributed by atoms with E-state index in [0.29, 0.717) is 17.3 Å². The summed E-state index contributed by atoms with van der Waals surface area (Å²) in [5, 5.41) is 3.05. The van der Waals surface area contributed by atoms with Gasteiger partial charge in [-0.1, -0.05) is 125 Å². The van der Waals surface area contributed by atoms with Crippen LogP contribution < -0.4 is 9.80 Å².